The Hall–Kier alpha value is -0.940. The zero-order valence-corrected chi connectivity index (χ0v) is 12.5. The Morgan fingerprint density at radius 1 is 1.20 bits per heavy atom. The number of hydrogen-bond donors (Lipinski definition) is 1. The quantitative estimate of drug-likeness (QED) is 0.787. The molecule has 0 bridgehead atoms. The third-order valence-electron chi connectivity index (χ3n) is 3.83. The summed E-state index contributed by atoms with van der Waals surface area (Å²) < 4.78 is 39.8. The minimum absolute atomic E-state index is 0.221. The number of halogens is 1. The van der Waals surface area contributed by atoms with E-state index in [9.17, 15) is 12.8 Å². The van der Waals surface area contributed by atoms with Crippen molar-refractivity contribution in [1.82, 2.24) is 4.72 Å². The van der Waals surface area contributed by atoms with E-state index in [1.54, 1.807) is 18.2 Å². The van der Waals surface area contributed by atoms with Crippen molar-refractivity contribution in [3.8, 4) is 0 Å². The molecule has 0 amide bonds. The molecule has 0 radical (unpaired) electrons. The molecule has 0 aliphatic heterocycles. The van der Waals surface area contributed by atoms with E-state index < -0.39 is 10.0 Å². The molecule has 1 saturated carbocycles. The van der Waals surface area contributed by atoms with Crippen LogP contribution in [-0.4, -0.2) is 20.7 Å². The summed E-state index contributed by atoms with van der Waals surface area (Å²) in [5.74, 6) is 0.340. The minimum Gasteiger partial charge on any atom is -0.215 e. The van der Waals surface area contributed by atoms with Crippen molar-refractivity contribution in [2.75, 3.05) is 12.3 Å². The van der Waals surface area contributed by atoms with Crippen LogP contribution in [0.2, 0.25) is 0 Å². The second-order valence-electron chi connectivity index (χ2n) is 5.52. The van der Waals surface area contributed by atoms with Gasteiger partial charge in [-0.3, -0.25) is 0 Å². The molecule has 20 heavy (non-hydrogen) atoms. The molecule has 1 aliphatic rings. The Kier molecular flexibility index (Phi) is 5.54. The summed E-state index contributed by atoms with van der Waals surface area (Å²) in [6, 6.07) is 6.62. The number of aryl methyl sites for hydroxylation is 1. The molecule has 0 saturated heterocycles. The van der Waals surface area contributed by atoms with Crippen molar-refractivity contribution in [3.05, 3.63) is 35.6 Å². The third-order valence-corrected chi connectivity index (χ3v) is 5.39. The molecular weight excluding hydrogens is 277 g/mol. The number of sulfonamides is 1. The summed E-state index contributed by atoms with van der Waals surface area (Å²) in [7, 11) is -3.17. The highest BCUT2D eigenvalue weighted by molar-refractivity contribution is 7.89. The van der Waals surface area contributed by atoms with E-state index in [-0.39, 0.29) is 11.6 Å². The maximum Gasteiger partial charge on any atom is 0.211 e. The highest BCUT2D eigenvalue weighted by Gasteiger charge is 2.21. The summed E-state index contributed by atoms with van der Waals surface area (Å²) in [5, 5.41) is 0. The summed E-state index contributed by atoms with van der Waals surface area (Å²) in [4.78, 5) is 0. The maximum atomic E-state index is 13.4. The first-order valence-corrected chi connectivity index (χ1v) is 8.93. The van der Waals surface area contributed by atoms with Crippen LogP contribution in [-0.2, 0) is 16.4 Å². The Bertz CT molecular complexity index is 524. The van der Waals surface area contributed by atoms with Gasteiger partial charge in [0.25, 0.3) is 0 Å². The fourth-order valence-electron chi connectivity index (χ4n) is 2.75. The average molecular weight is 299 g/mol. The molecule has 1 aromatic carbocycles. The maximum absolute atomic E-state index is 13.4. The van der Waals surface area contributed by atoms with E-state index >= 15 is 0 Å². The lowest BCUT2D eigenvalue weighted by atomic mass is 10.1. The lowest BCUT2D eigenvalue weighted by molar-refractivity contribution is 0.545. The zero-order chi connectivity index (χ0) is 14.4. The number of rotatable bonds is 7. The van der Waals surface area contributed by atoms with Crippen molar-refractivity contribution in [2.45, 2.75) is 38.5 Å². The van der Waals surface area contributed by atoms with Crippen molar-refractivity contribution in [2.24, 2.45) is 5.92 Å². The molecule has 0 unspecified atom stereocenters. The lowest BCUT2D eigenvalue weighted by Crippen LogP contribution is -2.30. The van der Waals surface area contributed by atoms with Crippen LogP contribution >= 0.6 is 0 Å². The Morgan fingerprint density at radius 2 is 1.90 bits per heavy atom. The molecular formula is C15H22FNO2S. The molecule has 0 spiro atoms. The van der Waals surface area contributed by atoms with E-state index in [1.807, 2.05) is 0 Å². The third kappa shape index (κ3) is 4.87. The van der Waals surface area contributed by atoms with Gasteiger partial charge in [0.2, 0.25) is 10.0 Å². The highest BCUT2D eigenvalue weighted by Crippen LogP contribution is 2.25. The van der Waals surface area contributed by atoms with Gasteiger partial charge in [0.05, 0.1) is 5.75 Å². The van der Waals surface area contributed by atoms with Gasteiger partial charge in [-0.1, -0.05) is 31.0 Å². The van der Waals surface area contributed by atoms with E-state index in [0.29, 0.717) is 30.9 Å². The SMILES string of the molecule is O=S(=O)(CC1CCCC1)NCCCc1ccccc1F. The molecule has 112 valence electrons. The Labute approximate surface area is 120 Å². The first kappa shape index (κ1) is 15.4. The summed E-state index contributed by atoms with van der Waals surface area (Å²) in [5.41, 5.74) is 0.641. The van der Waals surface area contributed by atoms with Gasteiger partial charge in [-0.2, -0.15) is 0 Å². The summed E-state index contributed by atoms with van der Waals surface area (Å²) >= 11 is 0. The van der Waals surface area contributed by atoms with Gasteiger partial charge < -0.3 is 0 Å². The van der Waals surface area contributed by atoms with Gasteiger partial charge in [-0.25, -0.2) is 17.5 Å². The molecule has 2 rings (SSSR count). The zero-order valence-electron chi connectivity index (χ0n) is 11.6. The van der Waals surface area contributed by atoms with Crippen LogP contribution in [0.4, 0.5) is 4.39 Å². The Morgan fingerprint density at radius 3 is 2.60 bits per heavy atom. The van der Waals surface area contributed by atoms with E-state index in [0.717, 1.165) is 25.7 Å². The van der Waals surface area contributed by atoms with Gasteiger partial charge in [-0.05, 0) is 43.2 Å². The number of nitrogens with one attached hydrogen (secondary N) is 1. The molecule has 1 fully saturated rings. The topological polar surface area (TPSA) is 46.2 Å². The average Bonchev–Trinajstić information content (AvgIpc) is 2.88. The molecule has 5 heteroatoms. The molecule has 0 heterocycles. The molecule has 1 aliphatic carbocycles. The first-order chi connectivity index (χ1) is 9.57. The normalized spacial score (nSPS) is 16.6. The van der Waals surface area contributed by atoms with E-state index in [1.165, 1.54) is 6.07 Å². The van der Waals surface area contributed by atoms with Gasteiger partial charge >= 0.3 is 0 Å². The minimum atomic E-state index is -3.17. The standard InChI is InChI=1S/C15H22FNO2S/c16-15-10-4-3-8-14(15)9-5-11-17-20(18,19)12-13-6-1-2-7-13/h3-4,8,10,13,17H,1-2,5-7,9,11-12H2. The second-order valence-corrected chi connectivity index (χ2v) is 7.37. The Balaban J connectivity index is 1.71. The largest absolute Gasteiger partial charge is 0.215 e. The van der Waals surface area contributed by atoms with Crippen LogP contribution in [0.15, 0.2) is 24.3 Å². The van der Waals surface area contributed by atoms with Crippen LogP contribution in [0.5, 0.6) is 0 Å². The van der Waals surface area contributed by atoms with Crippen LogP contribution in [0.3, 0.4) is 0 Å². The first-order valence-electron chi connectivity index (χ1n) is 7.27. The van der Waals surface area contributed by atoms with Gasteiger partial charge in [-0.15, -0.1) is 0 Å². The molecule has 1 N–H and O–H groups in total. The highest BCUT2D eigenvalue weighted by atomic mass is 32.2. The number of hydrogen-bond acceptors (Lipinski definition) is 2. The van der Waals surface area contributed by atoms with Crippen molar-refractivity contribution >= 4 is 10.0 Å². The fraction of sp³-hybridized carbons (Fsp3) is 0.600. The van der Waals surface area contributed by atoms with Crippen LogP contribution < -0.4 is 4.72 Å². The van der Waals surface area contributed by atoms with Crippen LogP contribution in [0.1, 0.15) is 37.7 Å². The van der Waals surface area contributed by atoms with E-state index in [2.05, 4.69) is 4.72 Å². The van der Waals surface area contributed by atoms with Gasteiger partial charge in [0.15, 0.2) is 0 Å². The summed E-state index contributed by atoms with van der Waals surface area (Å²) in [6.45, 7) is 0.378. The van der Waals surface area contributed by atoms with Crippen molar-refractivity contribution < 1.29 is 12.8 Å². The van der Waals surface area contributed by atoms with Gasteiger partial charge in [0, 0.05) is 6.54 Å². The lowest BCUT2D eigenvalue weighted by Gasteiger charge is -2.11. The van der Waals surface area contributed by atoms with E-state index in [4.69, 9.17) is 0 Å². The van der Waals surface area contributed by atoms with Crippen molar-refractivity contribution in [1.29, 1.82) is 0 Å². The fourth-order valence-corrected chi connectivity index (χ4v) is 4.28. The molecule has 0 atom stereocenters. The molecule has 3 nitrogen and oxygen atoms in total. The second kappa shape index (κ2) is 7.18. The number of benzene rings is 1. The summed E-state index contributed by atoms with van der Waals surface area (Å²) in [6.07, 6.45) is 5.51. The molecule has 1 aromatic rings. The predicted octanol–water partition coefficient (Wildman–Crippen LogP) is 2.87. The van der Waals surface area contributed by atoms with Gasteiger partial charge in [0.1, 0.15) is 5.82 Å². The predicted molar refractivity (Wildman–Crippen MR) is 78.5 cm³/mol. The molecule has 0 aromatic heterocycles. The smallest absolute Gasteiger partial charge is 0.211 e. The van der Waals surface area contributed by atoms with Crippen LogP contribution in [0, 0.1) is 11.7 Å². The van der Waals surface area contributed by atoms with Crippen LogP contribution in [0.25, 0.3) is 0 Å². The monoisotopic (exact) mass is 299 g/mol. The van der Waals surface area contributed by atoms with Crippen molar-refractivity contribution in [3.63, 3.8) is 0 Å².